The van der Waals surface area contributed by atoms with Crippen molar-refractivity contribution in [2.45, 2.75) is 58.5 Å². The third-order valence-electron chi connectivity index (χ3n) is 8.69. The van der Waals surface area contributed by atoms with Crippen LogP contribution >= 0.6 is 0 Å². The largest absolute Gasteiger partial charge is 0.393 e. The second-order valence-electron chi connectivity index (χ2n) is 9.77. The van der Waals surface area contributed by atoms with Crippen molar-refractivity contribution in [2.75, 3.05) is 0 Å². The summed E-state index contributed by atoms with van der Waals surface area (Å²) in [4.78, 5) is 4.37. The van der Waals surface area contributed by atoms with Gasteiger partial charge in [0.2, 0.25) is 0 Å². The number of fused-ring (bicyclic) bond motifs is 5. The molecule has 4 aliphatic carbocycles. The first kappa shape index (κ1) is 16.7. The number of hydrogen-bond acceptors (Lipinski definition) is 2. The molecule has 2 fully saturated rings. The van der Waals surface area contributed by atoms with Gasteiger partial charge in [0.25, 0.3) is 0 Å². The Morgan fingerprint density at radius 3 is 2.81 bits per heavy atom. The lowest BCUT2D eigenvalue weighted by Gasteiger charge is -2.58. The number of rotatable bonds is 1. The van der Waals surface area contributed by atoms with Gasteiger partial charge in [-0.15, -0.1) is 0 Å². The summed E-state index contributed by atoms with van der Waals surface area (Å²) in [5, 5.41) is 10.2. The number of pyridine rings is 1. The molecule has 1 heterocycles. The van der Waals surface area contributed by atoms with Gasteiger partial charge in [0.1, 0.15) is 0 Å². The predicted octanol–water partition coefficient (Wildman–Crippen LogP) is 5.25. The van der Waals surface area contributed by atoms with Gasteiger partial charge >= 0.3 is 0 Å². The summed E-state index contributed by atoms with van der Waals surface area (Å²) < 4.78 is 0. The van der Waals surface area contributed by atoms with Crippen LogP contribution in [0.2, 0.25) is 0 Å². The lowest BCUT2D eigenvalue weighted by atomic mass is 9.46. The third kappa shape index (κ3) is 2.24. The fourth-order valence-electron chi connectivity index (χ4n) is 7.14. The highest BCUT2D eigenvalue weighted by molar-refractivity contribution is 5.72. The van der Waals surface area contributed by atoms with Crippen molar-refractivity contribution in [3.8, 4) is 0 Å². The van der Waals surface area contributed by atoms with Crippen LogP contribution in [0.3, 0.4) is 0 Å². The standard InChI is InChI=1S/C24H31NO/c1-23-11-9-18(26)14-17(23)5-6-19-21-8-7-20(16-4-3-13-25-15-16)24(21,2)12-10-22(19)23/h3-7,13,15,17-19,21-22,26H,8-12,14H2,1-2H3/t17?,18-,19-,21-,22-,23-,24+/m0/s1. The van der Waals surface area contributed by atoms with Crippen LogP contribution in [-0.4, -0.2) is 16.2 Å². The summed E-state index contributed by atoms with van der Waals surface area (Å²) in [5.74, 6) is 2.77. The Morgan fingerprint density at radius 2 is 2.00 bits per heavy atom. The molecular weight excluding hydrogens is 318 g/mol. The van der Waals surface area contributed by atoms with Crippen molar-refractivity contribution in [1.29, 1.82) is 0 Å². The van der Waals surface area contributed by atoms with E-state index in [4.69, 9.17) is 0 Å². The number of aliphatic hydroxyl groups excluding tert-OH is 1. The highest BCUT2D eigenvalue weighted by Gasteiger charge is 2.57. The van der Waals surface area contributed by atoms with Crippen LogP contribution in [0, 0.1) is 34.5 Å². The maximum atomic E-state index is 10.2. The highest BCUT2D eigenvalue weighted by Crippen LogP contribution is 2.65. The molecule has 0 aliphatic heterocycles. The SMILES string of the molecule is C[C@]12CC[C@H](O)CC1C=C[C@@H]1[C@@H]2CC[C@]2(C)C(c3cccnc3)=CC[C@@H]12. The Bertz CT molecular complexity index is 753. The number of allylic oxidation sites excluding steroid dienone is 4. The van der Waals surface area contributed by atoms with Gasteiger partial charge in [0, 0.05) is 12.4 Å². The van der Waals surface area contributed by atoms with E-state index < -0.39 is 0 Å². The van der Waals surface area contributed by atoms with Crippen molar-refractivity contribution in [2.24, 2.45) is 34.5 Å². The molecule has 138 valence electrons. The molecule has 0 saturated heterocycles. The Balaban J connectivity index is 1.48. The number of aromatic nitrogens is 1. The van der Waals surface area contributed by atoms with Crippen LogP contribution < -0.4 is 0 Å². The van der Waals surface area contributed by atoms with E-state index in [1.54, 1.807) is 0 Å². The smallest absolute Gasteiger partial charge is 0.0546 e. The van der Waals surface area contributed by atoms with Gasteiger partial charge in [-0.3, -0.25) is 4.98 Å². The second-order valence-corrected chi connectivity index (χ2v) is 9.77. The van der Waals surface area contributed by atoms with E-state index in [1.165, 1.54) is 36.8 Å². The Hall–Kier alpha value is -1.41. The van der Waals surface area contributed by atoms with Crippen LogP contribution in [0.5, 0.6) is 0 Å². The van der Waals surface area contributed by atoms with E-state index in [0.29, 0.717) is 17.3 Å². The Morgan fingerprint density at radius 1 is 1.12 bits per heavy atom. The van der Waals surface area contributed by atoms with Crippen LogP contribution in [0.15, 0.2) is 42.8 Å². The minimum Gasteiger partial charge on any atom is -0.393 e. The van der Waals surface area contributed by atoms with Crippen molar-refractivity contribution in [3.63, 3.8) is 0 Å². The van der Waals surface area contributed by atoms with E-state index >= 15 is 0 Å². The molecule has 7 atom stereocenters. The molecule has 0 aromatic carbocycles. The zero-order valence-electron chi connectivity index (χ0n) is 16.1. The third-order valence-corrected chi connectivity index (χ3v) is 8.69. The average Bonchev–Trinajstić information content (AvgIpc) is 3.00. The summed E-state index contributed by atoms with van der Waals surface area (Å²) in [6, 6.07) is 4.30. The summed E-state index contributed by atoms with van der Waals surface area (Å²) in [6.07, 6.45) is 18.3. The summed E-state index contributed by atoms with van der Waals surface area (Å²) in [7, 11) is 0. The normalized spacial score (nSPS) is 46.9. The maximum Gasteiger partial charge on any atom is 0.0546 e. The highest BCUT2D eigenvalue weighted by atomic mass is 16.3. The number of hydrogen-bond donors (Lipinski definition) is 1. The molecule has 1 aromatic rings. The fourth-order valence-corrected chi connectivity index (χ4v) is 7.14. The van der Waals surface area contributed by atoms with Gasteiger partial charge in [-0.05, 0) is 90.2 Å². The monoisotopic (exact) mass is 349 g/mol. The molecule has 1 N–H and O–H groups in total. The van der Waals surface area contributed by atoms with E-state index in [1.807, 2.05) is 12.4 Å². The molecule has 2 heteroatoms. The van der Waals surface area contributed by atoms with E-state index in [0.717, 1.165) is 24.7 Å². The first-order valence-corrected chi connectivity index (χ1v) is 10.5. The Kier molecular flexibility index (Phi) is 3.73. The number of nitrogens with zero attached hydrogens (tertiary/aromatic N) is 1. The minimum absolute atomic E-state index is 0.0894. The molecule has 2 nitrogen and oxygen atoms in total. The molecular formula is C24H31NO. The molecule has 0 bridgehead atoms. The van der Waals surface area contributed by atoms with E-state index in [9.17, 15) is 5.11 Å². The van der Waals surface area contributed by atoms with E-state index in [-0.39, 0.29) is 11.5 Å². The van der Waals surface area contributed by atoms with Gasteiger partial charge < -0.3 is 5.11 Å². The van der Waals surface area contributed by atoms with Crippen molar-refractivity contribution in [3.05, 3.63) is 48.3 Å². The quantitative estimate of drug-likeness (QED) is 0.702. The average molecular weight is 350 g/mol. The number of aliphatic hydroxyl groups is 1. The summed E-state index contributed by atoms with van der Waals surface area (Å²) in [5.41, 5.74) is 3.53. The maximum absolute atomic E-state index is 10.2. The van der Waals surface area contributed by atoms with Crippen LogP contribution in [0.4, 0.5) is 0 Å². The first-order valence-electron chi connectivity index (χ1n) is 10.5. The van der Waals surface area contributed by atoms with Crippen LogP contribution in [-0.2, 0) is 0 Å². The van der Waals surface area contributed by atoms with Crippen LogP contribution in [0.25, 0.3) is 5.57 Å². The first-order chi connectivity index (χ1) is 12.5. The zero-order valence-corrected chi connectivity index (χ0v) is 16.1. The minimum atomic E-state index is -0.0894. The molecule has 0 amide bonds. The van der Waals surface area contributed by atoms with Gasteiger partial charge in [-0.25, -0.2) is 0 Å². The predicted molar refractivity (Wildman–Crippen MR) is 105 cm³/mol. The topological polar surface area (TPSA) is 33.1 Å². The molecule has 5 rings (SSSR count). The molecule has 0 spiro atoms. The van der Waals surface area contributed by atoms with E-state index in [2.05, 4.69) is 49.2 Å². The molecule has 4 aliphatic rings. The molecule has 26 heavy (non-hydrogen) atoms. The molecule has 1 aromatic heterocycles. The molecule has 2 saturated carbocycles. The van der Waals surface area contributed by atoms with Gasteiger partial charge in [0.15, 0.2) is 0 Å². The van der Waals surface area contributed by atoms with Crippen molar-refractivity contribution < 1.29 is 5.11 Å². The van der Waals surface area contributed by atoms with Gasteiger partial charge in [-0.2, -0.15) is 0 Å². The molecule has 0 radical (unpaired) electrons. The fraction of sp³-hybridized carbons (Fsp3) is 0.625. The van der Waals surface area contributed by atoms with Crippen LogP contribution in [0.1, 0.15) is 57.9 Å². The van der Waals surface area contributed by atoms with Crippen molar-refractivity contribution >= 4 is 5.57 Å². The lowest BCUT2D eigenvalue weighted by molar-refractivity contribution is -0.0623. The van der Waals surface area contributed by atoms with Crippen molar-refractivity contribution in [1.82, 2.24) is 4.98 Å². The summed E-state index contributed by atoms with van der Waals surface area (Å²) >= 11 is 0. The Labute approximate surface area is 157 Å². The van der Waals surface area contributed by atoms with Gasteiger partial charge in [-0.1, -0.05) is 38.1 Å². The molecule has 1 unspecified atom stereocenters. The summed E-state index contributed by atoms with van der Waals surface area (Å²) in [6.45, 7) is 5.03. The second kappa shape index (κ2) is 5.79. The zero-order chi connectivity index (χ0) is 17.9. The van der Waals surface area contributed by atoms with Gasteiger partial charge in [0.05, 0.1) is 6.10 Å². The lowest BCUT2D eigenvalue weighted by Crippen LogP contribution is -2.51.